The van der Waals surface area contributed by atoms with Crippen molar-refractivity contribution in [2.24, 2.45) is 11.3 Å². The zero-order valence-corrected chi connectivity index (χ0v) is 20.6. The van der Waals surface area contributed by atoms with E-state index in [0.29, 0.717) is 29.4 Å². The second-order valence-electron chi connectivity index (χ2n) is 10.3. The van der Waals surface area contributed by atoms with Crippen LogP contribution in [0.25, 0.3) is 11.3 Å². The Morgan fingerprint density at radius 2 is 1.91 bits per heavy atom. The van der Waals surface area contributed by atoms with Gasteiger partial charge in [0.1, 0.15) is 5.82 Å². The molecule has 0 radical (unpaired) electrons. The molecule has 2 bridgehead atoms. The summed E-state index contributed by atoms with van der Waals surface area (Å²) in [4.78, 5) is 24.4. The lowest BCUT2D eigenvalue weighted by molar-refractivity contribution is -0.129. The number of rotatable bonds is 6. The SMILES string of the molecule is COc1ccc(-c2cc([C@@H]3CN4CC[C@H]3C[C@@H]4CNC(=O)C(C)(C)C)nc(C)n2)cc1OC. The standard InChI is InChI=1S/C26H36N4O3/c1-16-28-21(18-7-8-23(32-5)24(12-18)33-6)13-22(29-16)20-15-30-10-9-17(20)11-19(30)14-27-25(31)26(2,3)4/h7-8,12-13,17,19-20H,9-11,14-15H2,1-6H3,(H,27,31)/t17-,19+,20+/m0/s1. The van der Waals surface area contributed by atoms with Gasteiger partial charge in [0, 0.05) is 41.7 Å². The topological polar surface area (TPSA) is 76.6 Å². The second-order valence-corrected chi connectivity index (χ2v) is 10.3. The van der Waals surface area contributed by atoms with E-state index >= 15 is 0 Å². The lowest BCUT2D eigenvalue weighted by Crippen LogP contribution is -2.56. The number of aryl methyl sites for hydroxylation is 1. The molecule has 3 aliphatic rings. The number of hydrogen-bond acceptors (Lipinski definition) is 6. The lowest BCUT2D eigenvalue weighted by atomic mass is 9.74. The first-order valence-corrected chi connectivity index (χ1v) is 11.8. The third-order valence-electron chi connectivity index (χ3n) is 6.97. The Hall–Kier alpha value is -2.67. The first-order valence-electron chi connectivity index (χ1n) is 11.8. The van der Waals surface area contributed by atoms with Crippen LogP contribution in [0, 0.1) is 18.3 Å². The average molecular weight is 453 g/mol. The van der Waals surface area contributed by atoms with E-state index in [1.807, 2.05) is 45.9 Å². The van der Waals surface area contributed by atoms with E-state index in [0.717, 1.165) is 48.8 Å². The maximum Gasteiger partial charge on any atom is 0.225 e. The number of carbonyl (C=O) groups excluding carboxylic acids is 1. The molecule has 4 atom stereocenters. The smallest absolute Gasteiger partial charge is 0.225 e. The number of aromatic nitrogens is 2. The van der Waals surface area contributed by atoms with Crippen molar-refractivity contribution in [2.45, 2.75) is 52.5 Å². The van der Waals surface area contributed by atoms with Crippen molar-refractivity contribution < 1.29 is 14.3 Å². The fourth-order valence-corrected chi connectivity index (χ4v) is 5.09. The molecule has 5 rings (SSSR count). The van der Waals surface area contributed by atoms with Crippen LogP contribution in [0.15, 0.2) is 24.3 Å². The molecule has 0 aliphatic carbocycles. The van der Waals surface area contributed by atoms with Gasteiger partial charge >= 0.3 is 0 Å². The van der Waals surface area contributed by atoms with Gasteiger partial charge in [0.15, 0.2) is 11.5 Å². The van der Waals surface area contributed by atoms with E-state index < -0.39 is 0 Å². The van der Waals surface area contributed by atoms with Crippen LogP contribution in [0.3, 0.4) is 0 Å². The third-order valence-corrected chi connectivity index (χ3v) is 6.97. The van der Waals surface area contributed by atoms with Crippen molar-refractivity contribution in [3.8, 4) is 22.8 Å². The van der Waals surface area contributed by atoms with E-state index in [-0.39, 0.29) is 11.3 Å². The van der Waals surface area contributed by atoms with Gasteiger partial charge in [-0.2, -0.15) is 0 Å². The lowest BCUT2D eigenvalue weighted by Gasteiger charge is -2.50. The van der Waals surface area contributed by atoms with Crippen LogP contribution < -0.4 is 14.8 Å². The zero-order chi connectivity index (χ0) is 23.8. The average Bonchev–Trinajstić information content (AvgIpc) is 2.81. The fraction of sp³-hybridized carbons (Fsp3) is 0.577. The Kier molecular flexibility index (Phi) is 6.61. The van der Waals surface area contributed by atoms with E-state index in [1.54, 1.807) is 14.2 Å². The molecule has 0 saturated carbocycles. The summed E-state index contributed by atoms with van der Waals surface area (Å²) in [5.41, 5.74) is 2.65. The van der Waals surface area contributed by atoms with Crippen molar-refractivity contribution in [1.29, 1.82) is 0 Å². The molecular formula is C26H36N4O3. The van der Waals surface area contributed by atoms with E-state index in [4.69, 9.17) is 19.4 Å². The number of benzene rings is 1. The monoisotopic (exact) mass is 452 g/mol. The molecule has 3 aliphatic heterocycles. The quantitative estimate of drug-likeness (QED) is 0.718. The van der Waals surface area contributed by atoms with Gasteiger partial charge in [-0.3, -0.25) is 9.69 Å². The number of amides is 1. The van der Waals surface area contributed by atoms with Crippen LogP contribution in [0.5, 0.6) is 11.5 Å². The van der Waals surface area contributed by atoms with Crippen LogP contribution in [0.1, 0.15) is 51.0 Å². The van der Waals surface area contributed by atoms with Crippen molar-refractivity contribution in [1.82, 2.24) is 20.2 Å². The summed E-state index contributed by atoms with van der Waals surface area (Å²) in [5, 5.41) is 3.16. The second kappa shape index (κ2) is 9.29. The minimum Gasteiger partial charge on any atom is -0.493 e. The predicted molar refractivity (Wildman–Crippen MR) is 129 cm³/mol. The van der Waals surface area contributed by atoms with E-state index in [2.05, 4.69) is 16.3 Å². The molecule has 7 heteroatoms. The van der Waals surface area contributed by atoms with Crippen molar-refractivity contribution in [2.75, 3.05) is 33.9 Å². The van der Waals surface area contributed by atoms with Gasteiger partial charge in [0.05, 0.1) is 19.9 Å². The Balaban J connectivity index is 1.52. The molecule has 1 N–H and O–H groups in total. The molecule has 0 spiro atoms. The molecule has 1 unspecified atom stereocenters. The number of fused-ring (bicyclic) bond motifs is 3. The normalized spacial score (nSPS) is 24.4. The van der Waals surface area contributed by atoms with Gasteiger partial charge in [-0.1, -0.05) is 20.8 Å². The van der Waals surface area contributed by atoms with Gasteiger partial charge in [0.25, 0.3) is 0 Å². The first kappa shape index (κ1) is 23.5. The molecule has 1 aromatic carbocycles. The van der Waals surface area contributed by atoms with Gasteiger partial charge in [-0.05, 0) is 56.5 Å². The number of methoxy groups -OCH3 is 2. The number of nitrogens with one attached hydrogen (secondary N) is 1. The fourth-order valence-electron chi connectivity index (χ4n) is 5.09. The molecule has 7 nitrogen and oxygen atoms in total. The van der Waals surface area contributed by atoms with Crippen LogP contribution in [-0.2, 0) is 4.79 Å². The van der Waals surface area contributed by atoms with Crippen molar-refractivity contribution in [3.05, 3.63) is 35.8 Å². The summed E-state index contributed by atoms with van der Waals surface area (Å²) < 4.78 is 10.9. The van der Waals surface area contributed by atoms with E-state index in [9.17, 15) is 4.79 Å². The number of ether oxygens (including phenoxy) is 2. The Bertz CT molecular complexity index is 1020. The predicted octanol–water partition coefficient (Wildman–Crippen LogP) is 3.81. The largest absolute Gasteiger partial charge is 0.493 e. The summed E-state index contributed by atoms with van der Waals surface area (Å²) in [5.74, 6) is 3.24. The van der Waals surface area contributed by atoms with E-state index in [1.165, 1.54) is 6.42 Å². The highest BCUT2D eigenvalue weighted by Gasteiger charge is 2.41. The van der Waals surface area contributed by atoms with Gasteiger partial charge in [0.2, 0.25) is 5.91 Å². The summed E-state index contributed by atoms with van der Waals surface area (Å²) in [7, 11) is 3.28. The summed E-state index contributed by atoms with van der Waals surface area (Å²) in [6.07, 6.45) is 2.26. The Morgan fingerprint density at radius 3 is 2.55 bits per heavy atom. The highest BCUT2D eigenvalue weighted by atomic mass is 16.5. The Morgan fingerprint density at radius 1 is 1.15 bits per heavy atom. The molecule has 178 valence electrons. The Labute approximate surface area is 196 Å². The number of hydrogen-bond donors (Lipinski definition) is 1. The molecule has 1 amide bonds. The highest BCUT2D eigenvalue weighted by molar-refractivity contribution is 5.81. The summed E-state index contributed by atoms with van der Waals surface area (Å²) in [6, 6.07) is 8.43. The molecule has 3 saturated heterocycles. The molecule has 3 fully saturated rings. The molecule has 2 aromatic rings. The summed E-state index contributed by atoms with van der Waals surface area (Å²) >= 11 is 0. The molecular weight excluding hydrogens is 416 g/mol. The number of nitrogens with zero attached hydrogens (tertiary/aromatic N) is 3. The molecule has 1 aromatic heterocycles. The van der Waals surface area contributed by atoms with Crippen molar-refractivity contribution >= 4 is 5.91 Å². The van der Waals surface area contributed by atoms with Gasteiger partial charge < -0.3 is 14.8 Å². The maximum atomic E-state index is 12.3. The first-order chi connectivity index (χ1) is 15.7. The third kappa shape index (κ3) is 4.98. The number of carbonyl (C=O) groups is 1. The van der Waals surface area contributed by atoms with Crippen LogP contribution >= 0.6 is 0 Å². The van der Waals surface area contributed by atoms with Crippen LogP contribution in [0.2, 0.25) is 0 Å². The minimum atomic E-state index is -0.357. The highest BCUT2D eigenvalue weighted by Crippen LogP contribution is 2.42. The molecule has 33 heavy (non-hydrogen) atoms. The van der Waals surface area contributed by atoms with Crippen LogP contribution in [-0.4, -0.2) is 60.7 Å². The number of piperidine rings is 3. The van der Waals surface area contributed by atoms with Gasteiger partial charge in [-0.15, -0.1) is 0 Å². The minimum absolute atomic E-state index is 0.118. The summed E-state index contributed by atoms with van der Waals surface area (Å²) in [6.45, 7) is 10.6. The van der Waals surface area contributed by atoms with Crippen LogP contribution in [0.4, 0.5) is 0 Å². The molecule has 4 heterocycles. The van der Waals surface area contributed by atoms with Crippen molar-refractivity contribution in [3.63, 3.8) is 0 Å². The zero-order valence-electron chi connectivity index (χ0n) is 20.6. The maximum absolute atomic E-state index is 12.3. The van der Waals surface area contributed by atoms with Gasteiger partial charge in [-0.25, -0.2) is 9.97 Å².